The molecule has 0 spiro atoms. The first-order chi connectivity index (χ1) is 7.77. The maximum Gasteiger partial charge on any atom is 0.0958 e. The largest absolute Gasteiger partial charge is 0.281 e. The van der Waals surface area contributed by atoms with Crippen LogP contribution in [0, 0.1) is 0 Å². The summed E-state index contributed by atoms with van der Waals surface area (Å²) in [6.45, 7) is 4.43. The lowest BCUT2D eigenvalue weighted by atomic mass is 9.87. The molecule has 1 heterocycles. The topological polar surface area (TPSA) is 28.7 Å². The number of aromatic nitrogens is 2. The van der Waals surface area contributed by atoms with Crippen molar-refractivity contribution in [2.75, 3.05) is 0 Å². The van der Waals surface area contributed by atoms with Crippen LogP contribution >= 0.6 is 0 Å². The normalized spacial score (nSPS) is 13.7. The van der Waals surface area contributed by atoms with E-state index in [9.17, 15) is 0 Å². The first kappa shape index (κ1) is 9.64. The van der Waals surface area contributed by atoms with Crippen molar-refractivity contribution in [3.05, 3.63) is 41.1 Å². The van der Waals surface area contributed by atoms with E-state index in [0.717, 1.165) is 12.8 Å². The number of hydrogen-bond donors (Lipinski definition) is 1. The highest BCUT2D eigenvalue weighted by molar-refractivity contribution is 5.70. The number of nitrogens with zero attached hydrogens (tertiary/aromatic N) is 1. The number of H-pyrrole nitrogens is 1. The van der Waals surface area contributed by atoms with Crippen LogP contribution in [0.3, 0.4) is 0 Å². The maximum absolute atomic E-state index is 4.49. The second-order valence-electron chi connectivity index (χ2n) is 4.78. The summed E-state index contributed by atoms with van der Waals surface area (Å²) in [4.78, 5) is 0. The molecule has 2 aromatic rings. The Kier molecular flexibility index (Phi) is 2.10. The van der Waals surface area contributed by atoms with Crippen LogP contribution in [0.2, 0.25) is 0 Å². The fourth-order valence-electron chi connectivity index (χ4n) is 2.56. The Labute approximate surface area is 95.7 Å². The van der Waals surface area contributed by atoms with Crippen molar-refractivity contribution in [3.8, 4) is 11.3 Å². The van der Waals surface area contributed by atoms with Gasteiger partial charge in [0.2, 0.25) is 0 Å². The van der Waals surface area contributed by atoms with Gasteiger partial charge in [-0.1, -0.05) is 38.1 Å². The molecule has 82 valence electrons. The number of hydrogen-bond acceptors (Lipinski definition) is 1. The molecule has 0 bridgehead atoms. The molecule has 2 nitrogen and oxygen atoms in total. The average Bonchev–Trinajstić information content (AvgIpc) is 2.73. The predicted molar refractivity (Wildman–Crippen MR) is 65.5 cm³/mol. The Bertz CT molecular complexity index is 523. The van der Waals surface area contributed by atoms with E-state index in [0.29, 0.717) is 5.92 Å². The molecule has 0 unspecified atom stereocenters. The van der Waals surface area contributed by atoms with Gasteiger partial charge in [-0.25, -0.2) is 0 Å². The van der Waals surface area contributed by atoms with Crippen molar-refractivity contribution in [3.63, 3.8) is 0 Å². The van der Waals surface area contributed by atoms with E-state index in [1.165, 1.54) is 28.1 Å². The second-order valence-corrected chi connectivity index (χ2v) is 4.78. The predicted octanol–water partition coefficient (Wildman–Crippen LogP) is 3.30. The van der Waals surface area contributed by atoms with Crippen LogP contribution in [-0.2, 0) is 12.8 Å². The molecule has 1 aliphatic carbocycles. The van der Waals surface area contributed by atoms with Crippen LogP contribution in [0.4, 0.5) is 0 Å². The zero-order chi connectivity index (χ0) is 11.1. The summed E-state index contributed by atoms with van der Waals surface area (Å²) in [7, 11) is 0. The summed E-state index contributed by atoms with van der Waals surface area (Å²) >= 11 is 0. The van der Waals surface area contributed by atoms with Crippen LogP contribution in [0.25, 0.3) is 11.3 Å². The minimum atomic E-state index is 0.529. The highest BCUT2D eigenvalue weighted by Gasteiger charge is 2.22. The lowest BCUT2D eigenvalue weighted by molar-refractivity contribution is 0.789. The number of benzene rings is 1. The van der Waals surface area contributed by atoms with Gasteiger partial charge >= 0.3 is 0 Å². The van der Waals surface area contributed by atoms with Gasteiger partial charge in [0.25, 0.3) is 0 Å². The molecule has 0 radical (unpaired) electrons. The third-order valence-corrected chi connectivity index (χ3v) is 3.39. The van der Waals surface area contributed by atoms with Crippen LogP contribution < -0.4 is 0 Å². The van der Waals surface area contributed by atoms with Crippen molar-refractivity contribution in [2.45, 2.75) is 32.6 Å². The number of aryl methyl sites for hydroxylation is 1. The Balaban J connectivity index is 2.19. The van der Waals surface area contributed by atoms with Gasteiger partial charge in [-0.05, 0) is 24.3 Å². The summed E-state index contributed by atoms with van der Waals surface area (Å²) in [6, 6.07) is 8.60. The van der Waals surface area contributed by atoms with Gasteiger partial charge in [-0.3, -0.25) is 5.10 Å². The molecule has 0 aliphatic heterocycles. The highest BCUT2D eigenvalue weighted by Crippen LogP contribution is 2.35. The fourth-order valence-corrected chi connectivity index (χ4v) is 2.56. The van der Waals surface area contributed by atoms with Gasteiger partial charge < -0.3 is 0 Å². The van der Waals surface area contributed by atoms with Gasteiger partial charge in [0, 0.05) is 16.8 Å². The van der Waals surface area contributed by atoms with E-state index >= 15 is 0 Å². The molecule has 3 rings (SSSR count). The maximum atomic E-state index is 4.49. The summed E-state index contributed by atoms with van der Waals surface area (Å²) in [6.07, 6.45) is 2.26. The zero-order valence-corrected chi connectivity index (χ0v) is 9.75. The minimum absolute atomic E-state index is 0.529. The smallest absolute Gasteiger partial charge is 0.0958 e. The number of fused-ring (bicyclic) bond motifs is 3. The number of aromatic amines is 1. The van der Waals surface area contributed by atoms with Gasteiger partial charge in [0.05, 0.1) is 5.69 Å². The molecular weight excluding hydrogens is 196 g/mol. The Hall–Kier alpha value is -1.57. The Morgan fingerprint density at radius 3 is 2.81 bits per heavy atom. The van der Waals surface area contributed by atoms with Gasteiger partial charge in [0.1, 0.15) is 0 Å². The Morgan fingerprint density at radius 2 is 2.00 bits per heavy atom. The highest BCUT2D eigenvalue weighted by atomic mass is 15.1. The molecule has 0 saturated carbocycles. The van der Waals surface area contributed by atoms with E-state index < -0.39 is 0 Å². The van der Waals surface area contributed by atoms with Crippen LogP contribution in [0.15, 0.2) is 24.3 Å². The van der Waals surface area contributed by atoms with Crippen molar-refractivity contribution in [2.24, 2.45) is 0 Å². The van der Waals surface area contributed by atoms with E-state index in [4.69, 9.17) is 0 Å². The number of nitrogens with one attached hydrogen (secondary N) is 1. The summed E-state index contributed by atoms with van der Waals surface area (Å²) in [5.74, 6) is 0.529. The lowest BCUT2D eigenvalue weighted by Gasteiger charge is -2.16. The zero-order valence-electron chi connectivity index (χ0n) is 9.75. The molecule has 0 saturated heterocycles. The van der Waals surface area contributed by atoms with Crippen molar-refractivity contribution in [1.82, 2.24) is 10.2 Å². The molecule has 2 heteroatoms. The first-order valence-electron chi connectivity index (χ1n) is 5.93. The third kappa shape index (κ3) is 1.29. The lowest BCUT2D eigenvalue weighted by Crippen LogP contribution is -2.04. The van der Waals surface area contributed by atoms with Gasteiger partial charge in [-0.2, -0.15) is 5.10 Å². The van der Waals surface area contributed by atoms with Crippen molar-refractivity contribution < 1.29 is 0 Å². The van der Waals surface area contributed by atoms with Crippen LogP contribution in [0.5, 0.6) is 0 Å². The van der Waals surface area contributed by atoms with E-state index in [-0.39, 0.29) is 0 Å². The molecule has 0 amide bonds. The van der Waals surface area contributed by atoms with E-state index in [2.05, 4.69) is 48.3 Å². The molecule has 1 aliphatic rings. The molecular formula is C14H16N2. The second kappa shape index (κ2) is 3.48. The molecule has 16 heavy (non-hydrogen) atoms. The minimum Gasteiger partial charge on any atom is -0.281 e. The van der Waals surface area contributed by atoms with Crippen LogP contribution in [-0.4, -0.2) is 10.2 Å². The van der Waals surface area contributed by atoms with Crippen molar-refractivity contribution in [1.29, 1.82) is 0 Å². The standard InChI is InChI=1S/C14H16N2/c1-9(2)13-12-8-7-10-5-3-4-6-11(10)14(12)16-15-13/h3-6,9H,7-8H2,1-2H3,(H,15,16). The SMILES string of the molecule is CC(C)c1[nH]nc2c1CCc1ccccc1-2. The first-order valence-corrected chi connectivity index (χ1v) is 5.93. The molecule has 0 atom stereocenters. The van der Waals surface area contributed by atoms with E-state index in [1.807, 2.05) is 0 Å². The quantitative estimate of drug-likeness (QED) is 0.772. The monoisotopic (exact) mass is 212 g/mol. The summed E-state index contributed by atoms with van der Waals surface area (Å²) in [5.41, 5.74) is 6.65. The van der Waals surface area contributed by atoms with Gasteiger partial charge in [-0.15, -0.1) is 0 Å². The Morgan fingerprint density at radius 1 is 1.19 bits per heavy atom. The van der Waals surface area contributed by atoms with E-state index in [1.54, 1.807) is 0 Å². The fraction of sp³-hybridized carbons (Fsp3) is 0.357. The third-order valence-electron chi connectivity index (χ3n) is 3.39. The number of rotatable bonds is 1. The summed E-state index contributed by atoms with van der Waals surface area (Å²) in [5, 5.41) is 7.70. The molecule has 1 aromatic carbocycles. The molecule has 0 fully saturated rings. The van der Waals surface area contributed by atoms with Gasteiger partial charge in [0.15, 0.2) is 0 Å². The van der Waals surface area contributed by atoms with Crippen molar-refractivity contribution >= 4 is 0 Å². The van der Waals surface area contributed by atoms with Crippen LogP contribution in [0.1, 0.15) is 36.6 Å². The molecule has 1 N–H and O–H groups in total. The average molecular weight is 212 g/mol. The molecule has 1 aromatic heterocycles. The summed E-state index contributed by atoms with van der Waals surface area (Å²) < 4.78 is 0.